The number of nitrogens with one attached hydrogen (secondary N) is 1. The Kier molecular flexibility index (Phi) is 9.14. The van der Waals surface area contributed by atoms with Crippen molar-refractivity contribution < 1.29 is 14.5 Å². The van der Waals surface area contributed by atoms with Crippen molar-refractivity contribution in [2.24, 2.45) is 14.1 Å². The highest BCUT2D eigenvalue weighted by Crippen LogP contribution is 2.13. The molecule has 11 nitrogen and oxygen atoms in total. The van der Waals surface area contributed by atoms with Crippen LogP contribution in [0.3, 0.4) is 0 Å². The summed E-state index contributed by atoms with van der Waals surface area (Å²) < 4.78 is 7.45. The molecule has 1 N–H and O–H groups in total. The summed E-state index contributed by atoms with van der Waals surface area (Å²) in [6.07, 6.45) is 1.63. The van der Waals surface area contributed by atoms with Gasteiger partial charge in [-0.1, -0.05) is 12.1 Å². The van der Waals surface area contributed by atoms with Gasteiger partial charge in [-0.3, -0.25) is 28.8 Å². The molecular formula is C21H29N5O6. The van der Waals surface area contributed by atoms with Crippen LogP contribution >= 0.6 is 0 Å². The highest BCUT2D eigenvalue weighted by Gasteiger charge is 2.14. The van der Waals surface area contributed by atoms with Crippen LogP contribution in [0.4, 0.5) is 11.5 Å². The zero-order valence-electron chi connectivity index (χ0n) is 18.6. The highest BCUT2D eigenvalue weighted by molar-refractivity contribution is 5.65. The van der Waals surface area contributed by atoms with Crippen molar-refractivity contribution in [1.82, 2.24) is 14.5 Å². The van der Waals surface area contributed by atoms with Crippen LogP contribution in [0.15, 0.2) is 39.9 Å². The van der Waals surface area contributed by atoms with Gasteiger partial charge < -0.3 is 15.0 Å². The summed E-state index contributed by atoms with van der Waals surface area (Å²) in [5.41, 5.74) is 0.263. The van der Waals surface area contributed by atoms with E-state index in [1.165, 1.54) is 36.7 Å². The number of hydrogen-bond acceptors (Lipinski definition) is 8. The van der Waals surface area contributed by atoms with Crippen molar-refractivity contribution in [2.75, 3.05) is 37.7 Å². The Morgan fingerprint density at radius 2 is 1.81 bits per heavy atom. The van der Waals surface area contributed by atoms with E-state index in [1.54, 1.807) is 19.2 Å². The van der Waals surface area contributed by atoms with Gasteiger partial charge in [0.1, 0.15) is 12.4 Å². The van der Waals surface area contributed by atoms with E-state index in [0.717, 1.165) is 29.5 Å². The molecule has 174 valence electrons. The fourth-order valence-electron chi connectivity index (χ4n) is 3.21. The number of nitro benzene ring substituents is 1. The lowest BCUT2D eigenvalue weighted by Gasteiger charge is -2.26. The second-order valence-corrected chi connectivity index (χ2v) is 7.35. The first-order chi connectivity index (χ1) is 15.2. The Morgan fingerprint density at radius 1 is 1.12 bits per heavy atom. The van der Waals surface area contributed by atoms with E-state index in [2.05, 4.69) is 5.32 Å². The van der Waals surface area contributed by atoms with E-state index >= 15 is 0 Å². The van der Waals surface area contributed by atoms with Gasteiger partial charge in [0.2, 0.25) is 0 Å². The number of carbonyl (C=O) groups excluding carboxylic acids is 1. The predicted molar refractivity (Wildman–Crippen MR) is 120 cm³/mol. The number of hydrogen-bond donors (Lipinski definition) is 1. The number of esters is 1. The third kappa shape index (κ3) is 7.05. The number of nitrogens with zero attached hydrogens (tertiary/aromatic N) is 4. The maximum absolute atomic E-state index is 12.3. The van der Waals surface area contributed by atoms with Crippen LogP contribution in [-0.2, 0) is 30.0 Å². The SMILES string of the molecule is CC(=O)OCCN(CCNCCCc1ccc([N+](=O)[O-])cc1)c1cc(=O)n(C)c(=O)n1C. The molecule has 0 atom stereocenters. The van der Waals surface area contributed by atoms with Crippen LogP contribution in [0.2, 0.25) is 0 Å². The molecule has 0 saturated heterocycles. The molecule has 2 rings (SSSR count). The van der Waals surface area contributed by atoms with Gasteiger partial charge >= 0.3 is 11.7 Å². The summed E-state index contributed by atoms with van der Waals surface area (Å²) >= 11 is 0. The number of aryl methyl sites for hydroxylation is 1. The number of non-ortho nitro benzene ring substituents is 1. The van der Waals surface area contributed by atoms with Crippen LogP contribution in [0, 0.1) is 10.1 Å². The number of nitro groups is 1. The quantitative estimate of drug-likeness (QED) is 0.217. The van der Waals surface area contributed by atoms with Gasteiger partial charge in [0.05, 0.1) is 11.5 Å². The van der Waals surface area contributed by atoms with Crippen molar-refractivity contribution in [1.29, 1.82) is 0 Å². The maximum atomic E-state index is 12.3. The minimum absolute atomic E-state index is 0.0749. The van der Waals surface area contributed by atoms with Crippen LogP contribution < -0.4 is 21.5 Å². The maximum Gasteiger partial charge on any atom is 0.332 e. The van der Waals surface area contributed by atoms with Gasteiger partial charge in [0, 0.05) is 52.3 Å². The lowest BCUT2D eigenvalue weighted by molar-refractivity contribution is -0.384. The van der Waals surface area contributed by atoms with Gasteiger partial charge in [-0.2, -0.15) is 0 Å². The fraction of sp³-hybridized carbons (Fsp3) is 0.476. The van der Waals surface area contributed by atoms with E-state index in [9.17, 15) is 24.5 Å². The smallest absolute Gasteiger partial charge is 0.332 e. The number of ether oxygens (including phenoxy) is 1. The lowest BCUT2D eigenvalue weighted by atomic mass is 10.1. The number of carbonyl (C=O) groups is 1. The molecule has 1 heterocycles. The third-order valence-electron chi connectivity index (χ3n) is 5.02. The summed E-state index contributed by atoms with van der Waals surface area (Å²) in [5.74, 6) is 0.0603. The summed E-state index contributed by atoms with van der Waals surface area (Å²) in [6.45, 7) is 3.61. The Balaban J connectivity index is 1.90. The van der Waals surface area contributed by atoms with Crippen molar-refractivity contribution >= 4 is 17.5 Å². The van der Waals surface area contributed by atoms with Crippen molar-refractivity contribution in [2.45, 2.75) is 19.8 Å². The predicted octanol–water partition coefficient (Wildman–Crippen LogP) is 0.584. The Bertz CT molecular complexity index is 1040. The van der Waals surface area contributed by atoms with Gasteiger partial charge in [0.25, 0.3) is 11.2 Å². The van der Waals surface area contributed by atoms with Crippen molar-refractivity contribution in [3.05, 3.63) is 66.8 Å². The average Bonchev–Trinajstić information content (AvgIpc) is 2.76. The van der Waals surface area contributed by atoms with E-state index in [1.807, 2.05) is 4.90 Å². The molecule has 0 aliphatic rings. The van der Waals surface area contributed by atoms with Crippen molar-refractivity contribution in [3.63, 3.8) is 0 Å². The van der Waals surface area contributed by atoms with E-state index in [4.69, 9.17) is 4.74 Å². The van der Waals surface area contributed by atoms with Gasteiger partial charge in [-0.25, -0.2) is 4.79 Å². The van der Waals surface area contributed by atoms with Crippen LogP contribution in [0.5, 0.6) is 0 Å². The zero-order valence-corrected chi connectivity index (χ0v) is 18.6. The highest BCUT2D eigenvalue weighted by atomic mass is 16.6. The van der Waals surface area contributed by atoms with Gasteiger partial charge in [-0.15, -0.1) is 0 Å². The number of rotatable bonds is 12. The average molecular weight is 447 g/mol. The van der Waals surface area contributed by atoms with E-state index in [-0.39, 0.29) is 12.3 Å². The first-order valence-electron chi connectivity index (χ1n) is 10.3. The molecule has 11 heteroatoms. The normalized spacial score (nSPS) is 10.7. The zero-order chi connectivity index (χ0) is 23.7. The molecular weight excluding hydrogens is 418 g/mol. The molecule has 1 aromatic carbocycles. The fourth-order valence-corrected chi connectivity index (χ4v) is 3.21. The van der Waals surface area contributed by atoms with Crippen molar-refractivity contribution in [3.8, 4) is 0 Å². The van der Waals surface area contributed by atoms with Gasteiger partial charge in [0.15, 0.2) is 0 Å². The lowest BCUT2D eigenvalue weighted by Crippen LogP contribution is -2.43. The first-order valence-corrected chi connectivity index (χ1v) is 10.3. The molecule has 0 fully saturated rings. The molecule has 0 unspecified atom stereocenters. The monoisotopic (exact) mass is 447 g/mol. The third-order valence-corrected chi connectivity index (χ3v) is 5.02. The van der Waals surface area contributed by atoms with E-state index < -0.39 is 22.1 Å². The van der Waals surface area contributed by atoms with Gasteiger partial charge in [-0.05, 0) is 24.9 Å². The van der Waals surface area contributed by atoms with Crippen LogP contribution in [-0.4, -0.2) is 52.8 Å². The second kappa shape index (κ2) is 11.8. The number of anilines is 1. The van der Waals surface area contributed by atoms with Crippen LogP contribution in [0.1, 0.15) is 18.9 Å². The minimum atomic E-state index is -0.430. The molecule has 0 spiro atoms. The Morgan fingerprint density at radius 3 is 2.44 bits per heavy atom. The molecule has 0 amide bonds. The molecule has 0 radical (unpaired) electrons. The summed E-state index contributed by atoms with van der Waals surface area (Å²) in [6, 6.07) is 7.90. The molecule has 0 aliphatic carbocycles. The largest absolute Gasteiger partial charge is 0.464 e. The number of aromatic nitrogens is 2. The Labute approximate surface area is 185 Å². The number of benzene rings is 1. The molecule has 32 heavy (non-hydrogen) atoms. The standard InChI is InChI=1S/C21H29N5O6/c1-16(27)32-14-13-25(19-15-20(28)24(3)21(29)23(19)2)12-11-22-10-4-5-17-6-8-18(9-7-17)26(30)31/h6-9,15,22H,4-5,10-14H2,1-3H3. The first kappa shape index (κ1) is 24.8. The topological polar surface area (TPSA) is 129 Å². The Hall–Kier alpha value is -3.47. The molecule has 0 aliphatic heterocycles. The second-order valence-electron chi connectivity index (χ2n) is 7.35. The summed E-state index contributed by atoms with van der Waals surface area (Å²) in [5, 5.41) is 14.0. The summed E-state index contributed by atoms with van der Waals surface area (Å²) in [4.78, 5) is 47.6. The van der Waals surface area contributed by atoms with E-state index in [0.29, 0.717) is 25.5 Å². The minimum Gasteiger partial charge on any atom is -0.464 e. The van der Waals surface area contributed by atoms with Crippen LogP contribution in [0.25, 0.3) is 0 Å². The molecule has 1 aromatic heterocycles. The molecule has 2 aromatic rings. The molecule has 0 saturated carbocycles. The molecule has 0 bridgehead atoms. The summed E-state index contributed by atoms with van der Waals surface area (Å²) in [7, 11) is 3.01.